The van der Waals surface area contributed by atoms with E-state index in [2.05, 4.69) is 5.32 Å². The number of nitrogens with one attached hydrogen (secondary N) is 1. The predicted molar refractivity (Wildman–Crippen MR) is 76.6 cm³/mol. The molecule has 21 heavy (non-hydrogen) atoms. The SMILES string of the molecule is CC(NC(=O)C1CCCC1)C(=O)N1CCCC[C@@H]1C(=O)O. The van der Waals surface area contributed by atoms with Gasteiger partial charge in [-0.05, 0) is 39.0 Å². The molecule has 0 aromatic heterocycles. The molecule has 1 aliphatic carbocycles. The Morgan fingerprint density at radius 1 is 1.10 bits per heavy atom. The lowest BCUT2D eigenvalue weighted by Crippen LogP contribution is -2.55. The quantitative estimate of drug-likeness (QED) is 0.814. The third-order valence-electron chi connectivity index (χ3n) is 4.53. The number of piperidine rings is 1. The Hall–Kier alpha value is -1.59. The van der Waals surface area contributed by atoms with Gasteiger partial charge < -0.3 is 15.3 Å². The van der Waals surface area contributed by atoms with Crippen molar-refractivity contribution in [2.75, 3.05) is 6.54 Å². The molecule has 6 heteroatoms. The van der Waals surface area contributed by atoms with E-state index in [0.29, 0.717) is 13.0 Å². The van der Waals surface area contributed by atoms with Crippen molar-refractivity contribution in [3.63, 3.8) is 0 Å². The van der Waals surface area contributed by atoms with E-state index in [4.69, 9.17) is 0 Å². The summed E-state index contributed by atoms with van der Waals surface area (Å²) in [6, 6.07) is -1.41. The number of likely N-dealkylation sites (tertiary alicyclic amines) is 1. The van der Waals surface area contributed by atoms with Crippen LogP contribution in [0.2, 0.25) is 0 Å². The Kier molecular flexibility index (Phi) is 5.20. The largest absolute Gasteiger partial charge is 0.480 e. The molecule has 1 unspecified atom stereocenters. The molecule has 2 rings (SSSR count). The minimum atomic E-state index is -0.961. The van der Waals surface area contributed by atoms with Gasteiger partial charge >= 0.3 is 5.97 Å². The first-order valence-electron chi connectivity index (χ1n) is 7.84. The van der Waals surface area contributed by atoms with Crippen LogP contribution in [-0.4, -0.2) is 46.4 Å². The molecule has 0 spiro atoms. The van der Waals surface area contributed by atoms with Crippen LogP contribution >= 0.6 is 0 Å². The third kappa shape index (κ3) is 3.74. The van der Waals surface area contributed by atoms with E-state index in [1.165, 1.54) is 4.90 Å². The highest BCUT2D eigenvalue weighted by atomic mass is 16.4. The minimum Gasteiger partial charge on any atom is -0.480 e. The maximum atomic E-state index is 12.4. The van der Waals surface area contributed by atoms with Crippen LogP contribution in [0.3, 0.4) is 0 Å². The highest BCUT2D eigenvalue weighted by Crippen LogP contribution is 2.25. The van der Waals surface area contributed by atoms with E-state index in [0.717, 1.165) is 38.5 Å². The lowest BCUT2D eigenvalue weighted by Gasteiger charge is -2.35. The molecule has 2 fully saturated rings. The lowest BCUT2D eigenvalue weighted by atomic mass is 10.0. The van der Waals surface area contributed by atoms with Gasteiger partial charge in [-0.3, -0.25) is 9.59 Å². The number of nitrogens with zero attached hydrogens (tertiary/aromatic N) is 1. The smallest absolute Gasteiger partial charge is 0.326 e. The van der Waals surface area contributed by atoms with Crippen molar-refractivity contribution in [1.82, 2.24) is 10.2 Å². The number of carbonyl (C=O) groups is 3. The Labute approximate surface area is 124 Å². The van der Waals surface area contributed by atoms with Crippen molar-refractivity contribution < 1.29 is 19.5 Å². The average Bonchev–Trinajstić information content (AvgIpc) is 3.00. The Morgan fingerprint density at radius 3 is 2.33 bits per heavy atom. The van der Waals surface area contributed by atoms with Gasteiger partial charge in [-0.25, -0.2) is 4.79 Å². The first-order valence-corrected chi connectivity index (χ1v) is 7.84. The molecule has 0 bridgehead atoms. The van der Waals surface area contributed by atoms with Gasteiger partial charge in [-0.15, -0.1) is 0 Å². The molecular weight excluding hydrogens is 272 g/mol. The second-order valence-corrected chi connectivity index (χ2v) is 6.09. The zero-order valence-electron chi connectivity index (χ0n) is 12.5. The van der Waals surface area contributed by atoms with E-state index < -0.39 is 18.1 Å². The maximum absolute atomic E-state index is 12.4. The summed E-state index contributed by atoms with van der Waals surface area (Å²) in [4.78, 5) is 37.1. The lowest BCUT2D eigenvalue weighted by molar-refractivity contribution is -0.153. The standard InChI is InChI=1S/C15H24N2O4/c1-10(16-13(18)11-6-2-3-7-11)14(19)17-9-5-4-8-12(17)15(20)21/h10-12H,2-9H2,1H3,(H,16,18)(H,20,21)/t10?,12-/m1/s1. The van der Waals surface area contributed by atoms with E-state index in [-0.39, 0.29) is 17.7 Å². The number of rotatable bonds is 4. The van der Waals surface area contributed by atoms with Gasteiger partial charge in [0.1, 0.15) is 12.1 Å². The second-order valence-electron chi connectivity index (χ2n) is 6.09. The minimum absolute atomic E-state index is 0.0110. The third-order valence-corrected chi connectivity index (χ3v) is 4.53. The van der Waals surface area contributed by atoms with Gasteiger partial charge in [-0.1, -0.05) is 12.8 Å². The van der Waals surface area contributed by atoms with Gasteiger partial charge in [0.2, 0.25) is 11.8 Å². The molecule has 2 N–H and O–H groups in total. The number of carboxylic acid groups (broad SMARTS) is 1. The fraction of sp³-hybridized carbons (Fsp3) is 0.800. The van der Waals surface area contributed by atoms with Crippen molar-refractivity contribution >= 4 is 17.8 Å². The highest BCUT2D eigenvalue weighted by Gasteiger charge is 2.35. The molecule has 6 nitrogen and oxygen atoms in total. The fourth-order valence-corrected chi connectivity index (χ4v) is 3.28. The fourth-order valence-electron chi connectivity index (χ4n) is 3.28. The summed E-state index contributed by atoms with van der Waals surface area (Å²) in [5, 5.41) is 12.0. The number of amides is 2. The van der Waals surface area contributed by atoms with E-state index in [9.17, 15) is 19.5 Å². The van der Waals surface area contributed by atoms with Gasteiger partial charge in [-0.2, -0.15) is 0 Å². The number of carbonyl (C=O) groups excluding carboxylic acids is 2. The first kappa shape index (κ1) is 15.8. The normalized spacial score (nSPS) is 24.6. The van der Waals surface area contributed by atoms with E-state index in [1.807, 2.05) is 0 Å². The van der Waals surface area contributed by atoms with Crippen LogP contribution in [-0.2, 0) is 14.4 Å². The van der Waals surface area contributed by atoms with Gasteiger partial charge in [0.05, 0.1) is 0 Å². The molecule has 1 saturated carbocycles. The van der Waals surface area contributed by atoms with Crippen LogP contribution in [0.5, 0.6) is 0 Å². The van der Waals surface area contributed by atoms with Crippen molar-refractivity contribution in [2.24, 2.45) is 5.92 Å². The monoisotopic (exact) mass is 296 g/mol. The zero-order valence-corrected chi connectivity index (χ0v) is 12.5. The van der Waals surface area contributed by atoms with Gasteiger partial charge in [0.25, 0.3) is 0 Å². The maximum Gasteiger partial charge on any atom is 0.326 e. The van der Waals surface area contributed by atoms with Crippen LogP contribution in [0.4, 0.5) is 0 Å². The van der Waals surface area contributed by atoms with E-state index >= 15 is 0 Å². The summed E-state index contributed by atoms with van der Waals surface area (Å²) in [5.74, 6) is -1.31. The highest BCUT2D eigenvalue weighted by molar-refractivity contribution is 5.90. The van der Waals surface area contributed by atoms with Crippen molar-refractivity contribution in [2.45, 2.75) is 64.0 Å². The zero-order chi connectivity index (χ0) is 15.4. The molecular formula is C15H24N2O4. The summed E-state index contributed by atoms with van der Waals surface area (Å²) in [6.07, 6.45) is 6.02. The molecule has 2 aliphatic rings. The Bertz CT molecular complexity index is 418. The van der Waals surface area contributed by atoms with Crippen LogP contribution in [0.25, 0.3) is 0 Å². The van der Waals surface area contributed by atoms with Crippen LogP contribution in [0.1, 0.15) is 51.9 Å². The van der Waals surface area contributed by atoms with Gasteiger partial charge in [0.15, 0.2) is 0 Å². The second kappa shape index (κ2) is 6.91. The summed E-state index contributed by atoms with van der Waals surface area (Å²) >= 11 is 0. The molecule has 1 heterocycles. The van der Waals surface area contributed by atoms with Crippen LogP contribution in [0.15, 0.2) is 0 Å². The van der Waals surface area contributed by atoms with Crippen LogP contribution in [0, 0.1) is 5.92 Å². The van der Waals surface area contributed by atoms with Crippen molar-refractivity contribution in [3.8, 4) is 0 Å². The number of aliphatic carboxylic acids is 1. The first-order chi connectivity index (χ1) is 10.0. The van der Waals surface area contributed by atoms with Gasteiger partial charge in [0, 0.05) is 12.5 Å². The molecule has 0 aromatic rings. The molecule has 2 amide bonds. The summed E-state index contributed by atoms with van der Waals surface area (Å²) in [7, 11) is 0. The van der Waals surface area contributed by atoms with Crippen molar-refractivity contribution in [3.05, 3.63) is 0 Å². The van der Waals surface area contributed by atoms with E-state index in [1.54, 1.807) is 6.92 Å². The average molecular weight is 296 g/mol. The molecule has 1 saturated heterocycles. The summed E-state index contributed by atoms with van der Waals surface area (Å²) in [6.45, 7) is 2.10. The Morgan fingerprint density at radius 2 is 1.71 bits per heavy atom. The molecule has 2 atom stereocenters. The molecule has 0 radical (unpaired) electrons. The number of hydrogen-bond donors (Lipinski definition) is 2. The summed E-state index contributed by atoms with van der Waals surface area (Å²) in [5.41, 5.74) is 0. The molecule has 1 aliphatic heterocycles. The summed E-state index contributed by atoms with van der Waals surface area (Å²) < 4.78 is 0. The predicted octanol–water partition coefficient (Wildman–Crippen LogP) is 1.15. The van der Waals surface area contributed by atoms with Crippen molar-refractivity contribution in [1.29, 1.82) is 0 Å². The molecule has 0 aromatic carbocycles. The Balaban J connectivity index is 1.93. The number of carboxylic acids is 1. The molecule has 118 valence electrons. The number of hydrogen-bond acceptors (Lipinski definition) is 3. The topological polar surface area (TPSA) is 86.7 Å². The van der Waals surface area contributed by atoms with Crippen LogP contribution < -0.4 is 5.32 Å².